The Hall–Kier alpha value is -3.49. The summed E-state index contributed by atoms with van der Waals surface area (Å²) in [4.78, 5) is 28.2. The number of hydrogen-bond donors (Lipinski definition) is 2. The Morgan fingerprint density at radius 1 is 0.895 bits per heavy atom. The molecule has 0 spiro atoms. The first-order chi connectivity index (χ1) is 18.2. The third kappa shape index (κ3) is 7.76. The summed E-state index contributed by atoms with van der Waals surface area (Å²) in [6.07, 6.45) is 2.40. The molecule has 0 aromatic heterocycles. The third-order valence-electron chi connectivity index (χ3n) is 6.71. The molecule has 1 aliphatic rings. The number of aryl methyl sites for hydroxylation is 2. The molecular formula is C30H35N3O4S. The second-order valence-electron chi connectivity index (χ2n) is 9.93. The molecule has 200 valence electrons. The molecule has 1 saturated carbocycles. The van der Waals surface area contributed by atoms with Crippen molar-refractivity contribution in [2.75, 3.05) is 0 Å². The molecule has 38 heavy (non-hydrogen) atoms. The Balaban J connectivity index is 1.39. The van der Waals surface area contributed by atoms with E-state index < -0.39 is 16.1 Å². The number of carbonyl (C=O) groups excluding carboxylic acids is 2. The fraction of sp³-hybridized carbons (Fsp3) is 0.333. The van der Waals surface area contributed by atoms with Crippen LogP contribution in [-0.2, 0) is 39.1 Å². The molecule has 2 N–H and O–H groups in total. The normalized spacial score (nSPS) is 14.1. The Kier molecular flexibility index (Phi) is 8.97. The summed E-state index contributed by atoms with van der Waals surface area (Å²) >= 11 is 0. The van der Waals surface area contributed by atoms with Crippen molar-refractivity contribution in [3.8, 4) is 0 Å². The molecule has 0 radical (unpaired) electrons. The maximum Gasteiger partial charge on any atom is 0.242 e. The third-order valence-corrected chi connectivity index (χ3v) is 8.25. The first-order valence-corrected chi connectivity index (χ1v) is 14.5. The minimum atomic E-state index is -3.51. The highest BCUT2D eigenvalue weighted by Crippen LogP contribution is 2.22. The predicted molar refractivity (Wildman–Crippen MR) is 148 cm³/mol. The van der Waals surface area contributed by atoms with Crippen LogP contribution in [0.3, 0.4) is 0 Å². The van der Waals surface area contributed by atoms with E-state index in [-0.39, 0.29) is 29.2 Å². The van der Waals surface area contributed by atoms with Crippen LogP contribution in [0.5, 0.6) is 0 Å². The largest absolute Gasteiger partial charge is 0.350 e. The van der Waals surface area contributed by atoms with Gasteiger partial charge in [-0.25, -0.2) is 13.1 Å². The lowest BCUT2D eigenvalue weighted by Crippen LogP contribution is -2.47. The summed E-state index contributed by atoms with van der Waals surface area (Å²) in [5.74, 6) is -0.355. The number of nitrogens with one attached hydrogen (secondary N) is 2. The molecule has 3 aromatic rings. The minimum Gasteiger partial charge on any atom is -0.350 e. The fourth-order valence-corrected chi connectivity index (χ4v) is 5.43. The molecule has 1 aliphatic carbocycles. The molecule has 8 heteroatoms. The SMILES string of the molecule is Cc1ccc(CNC(=O)C(C)N(Cc2ccccc2)C(=O)CCc2ccc(S(=O)(=O)NC3CC3)cc2)cc1. The van der Waals surface area contributed by atoms with Gasteiger partial charge in [0.15, 0.2) is 0 Å². The van der Waals surface area contributed by atoms with Gasteiger partial charge in [-0.15, -0.1) is 0 Å². The van der Waals surface area contributed by atoms with Crippen LogP contribution in [0, 0.1) is 6.92 Å². The molecule has 0 bridgehead atoms. The van der Waals surface area contributed by atoms with E-state index in [4.69, 9.17) is 0 Å². The zero-order valence-corrected chi connectivity index (χ0v) is 22.7. The van der Waals surface area contributed by atoms with Crippen molar-refractivity contribution < 1.29 is 18.0 Å². The van der Waals surface area contributed by atoms with Crippen molar-refractivity contribution in [2.45, 2.75) is 69.6 Å². The van der Waals surface area contributed by atoms with Crippen LogP contribution in [0.4, 0.5) is 0 Å². The van der Waals surface area contributed by atoms with Crippen molar-refractivity contribution in [2.24, 2.45) is 0 Å². The average Bonchev–Trinajstić information content (AvgIpc) is 3.73. The van der Waals surface area contributed by atoms with E-state index >= 15 is 0 Å². The monoisotopic (exact) mass is 533 g/mol. The quantitative estimate of drug-likeness (QED) is 0.366. The highest BCUT2D eigenvalue weighted by atomic mass is 32.2. The van der Waals surface area contributed by atoms with Crippen LogP contribution in [0.2, 0.25) is 0 Å². The number of sulfonamides is 1. The van der Waals surface area contributed by atoms with Crippen LogP contribution in [0.25, 0.3) is 0 Å². The van der Waals surface area contributed by atoms with Gasteiger partial charge in [-0.2, -0.15) is 0 Å². The zero-order chi connectivity index (χ0) is 27.1. The summed E-state index contributed by atoms with van der Waals surface area (Å²) in [5, 5.41) is 2.96. The number of nitrogens with zero attached hydrogens (tertiary/aromatic N) is 1. The predicted octanol–water partition coefficient (Wildman–Crippen LogP) is 4.10. The summed E-state index contributed by atoms with van der Waals surface area (Å²) in [6.45, 7) is 4.47. The summed E-state index contributed by atoms with van der Waals surface area (Å²) in [5.41, 5.74) is 3.95. The van der Waals surface area contributed by atoms with Gasteiger partial charge in [0.2, 0.25) is 21.8 Å². The van der Waals surface area contributed by atoms with Gasteiger partial charge in [-0.3, -0.25) is 9.59 Å². The van der Waals surface area contributed by atoms with Crippen molar-refractivity contribution in [3.05, 3.63) is 101 Å². The molecule has 3 aromatic carbocycles. The van der Waals surface area contributed by atoms with Crippen molar-refractivity contribution in [1.29, 1.82) is 0 Å². The molecule has 2 amide bonds. The van der Waals surface area contributed by atoms with E-state index in [1.165, 1.54) is 0 Å². The minimum absolute atomic E-state index is 0.0453. The maximum absolute atomic E-state index is 13.4. The molecular weight excluding hydrogens is 498 g/mol. The average molecular weight is 534 g/mol. The van der Waals surface area contributed by atoms with Gasteiger partial charge in [0, 0.05) is 25.6 Å². The van der Waals surface area contributed by atoms with Crippen LogP contribution in [-0.4, -0.2) is 37.2 Å². The second-order valence-corrected chi connectivity index (χ2v) is 11.6. The molecule has 1 fully saturated rings. The van der Waals surface area contributed by atoms with E-state index in [0.717, 1.165) is 35.1 Å². The Morgan fingerprint density at radius 2 is 1.53 bits per heavy atom. The Morgan fingerprint density at radius 3 is 2.16 bits per heavy atom. The number of rotatable bonds is 12. The van der Waals surface area contributed by atoms with E-state index in [1.54, 1.807) is 36.1 Å². The van der Waals surface area contributed by atoms with E-state index in [1.807, 2.05) is 61.5 Å². The lowest BCUT2D eigenvalue weighted by molar-refractivity contribution is -0.140. The standard InChI is InChI=1S/C30H35N3O4S/c1-22-8-10-25(11-9-22)20-31-30(35)23(2)33(21-26-6-4-3-5-7-26)29(34)19-14-24-12-17-28(18-13-24)38(36,37)32-27-15-16-27/h3-13,17-18,23,27,32H,14-16,19-21H2,1-2H3,(H,31,35). The fourth-order valence-electron chi connectivity index (χ4n) is 4.12. The van der Waals surface area contributed by atoms with Gasteiger partial charge >= 0.3 is 0 Å². The molecule has 1 unspecified atom stereocenters. The van der Waals surface area contributed by atoms with E-state index in [2.05, 4.69) is 10.0 Å². The molecule has 4 rings (SSSR count). The first-order valence-electron chi connectivity index (χ1n) is 13.0. The molecule has 0 aliphatic heterocycles. The first kappa shape index (κ1) is 27.5. The highest BCUT2D eigenvalue weighted by Gasteiger charge is 2.28. The molecule has 1 atom stereocenters. The van der Waals surface area contributed by atoms with Crippen LogP contribution in [0.1, 0.15) is 48.4 Å². The number of carbonyl (C=O) groups is 2. The van der Waals surface area contributed by atoms with Crippen LogP contribution in [0.15, 0.2) is 83.8 Å². The summed E-state index contributed by atoms with van der Waals surface area (Å²) < 4.78 is 27.5. The van der Waals surface area contributed by atoms with Crippen molar-refractivity contribution in [3.63, 3.8) is 0 Å². The van der Waals surface area contributed by atoms with Gasteiger partial charge in [-0.1, -0.05) is 72.3 Å². The Labute approximate surface area is 225 Å². The molecule has 7 nitrogen and oxygen atoms in total. The number of benzene rings is 3. The molecule has 0 heterocycles. The summed E-state index contributed by atoms with van der Waals surface area (Å²) in [7, 11) is -3.51. The number of amides is 2. The smallest absolute Gasteiger partial charge is 0.242 e. The lowest BCUT2D eigenvalue weighted by Gasteiger charge is -2.29. The van der Waals surface area contributed by atoms with Gasteiger partial charge in [0.1, 0.15) is 6.04 Å². The lowest BCUT2D eigenvalue weighted by atomic mass is 10.1. The van der Waals surface area contributed by atoms with Crippen molar-refractivity contribution >= 4 is 21.8 Å². The number of hydrogen-bond acceptors (Lipinski definition) is 4. The topological polar surface area (TPSA) is 95.6 Å². The second kappa shape index (κ2) is 12.4. The maximum atomic E-state index is 13.4. The van der Waals surface area contributed by atoms with Gasteiger partial charge in [0.25, 0.3) is 0 Å². The van der Waals surface area contributed by atoms with Gasteiger partial charge < -0.3 is 10.2 Å². The zero-order valence-electron chi connectivity index (χ0n) is 21.9. The van der Waals surface area contributed by atoms with Crippen molar-refractivity contribution in [1.82, 2.24) is 14.9 Å². The van der Waals surface area contributed by atoms with Crippen LogP contribution < -0.4 is 10.0 Å². The Bertz CT molecular complexity index is 1340. The van der Waals surface area contributed by atoms with Crippen LogP contribution >= 0.6 is 0 Å². The summed E-state index contributed by atoms with van der Waals surface area (Å²) in [6, 6.07) is 23.6. The van der Waals surface area contributed by atoms with Gasteiger partial charge in [0.05, 0.1) is 4.90 Å². The van der Waals surface area contributed by atoms with E-state index in [9.17, 15) is 18.0 Å². The van der Waals surface area contributed by atoms with Gasteiger partial charge in [-0.05, 0) is 61.9 Å². The van der Waals surface area contributed by atoms with E-state index in [0.29, 0.717) is 19.5 Å². The molecule has 0 saturated heterocycles. The highest BCUT2D eigenvalue weighted by molar-refractivity contribution is 7.89.